The average molecular weight is 713 g/mol. The van der Waals surface area contributed by atoms with E-state index in [2.05, 4.69) is 10.6 Å². The molecule has 0 aliphatic carbocycles. The maximum absolute atomic E-state index is 13.0. The van der Waals surface area contributed by atoms with Gasteiger partial charge in [-0.2, -0.15) is 0 Å². The van der Waals surface area contributed by atoms with Gasteiger partial charge < -0.3 is 30.0 Å². The van der Waals surface area contributed by atoms with E-state index in [0.717, 1.165) is 35.4 Å². The molecule has 51 heavy (non-hydrogen) atoms. The zero-order valence-corrected chi connectivity index (χ0v) is 27.5. The molecule has 0 aliphatic rings. The van der Waals surface area contributed by atoms with E-state index < -0.39 is 53.3 Å². The van der Waals surface area contributed by atoms with Crippen molar-refractivity contribution in [1.82, 2.24) is 10.6 Å². The van der Waals surface area contributed by atoms with E-state index in [-0.39, 0.29) is 45.2 Å². The number of hydrogen-bond donors (Lipinski definition) is 3. The highest BCUT2D eigenvalue weighted by Gasteiger charge is 2.25. The van der Waals surface area contributed by atoms with Crippen LogP contribution in [0.3, 0.4) is 0 Å². The van der Waals surface area contributed by atoms with Crippen molar-refractivity contribution in [2.45, 2.75) is 45.2 Å². The van der Waals surface area contributed by atoms with E-state index in [1.54, 1.807) is 0 Å². The van der Waals surface area contributed by atoms with Crippen molar-refractivity contribution in [1.29, 1.82) is 0 Å². The monoisotopic (exact) mass is 712 g/mol. The fourth-order valence-electron chi connectivity index (χ4n) is 4.21. The number of rotatable bonds is 16. The smallest absolute Gasteiger partial charge is 0.408 e. The van der Waals surface area contributed by atoms with Gasteiger partial charge in [-0.25, -0.2) is 22.4 Å². The van der Waals surface area contributed by atoms with E-state index in [0.29, 0.717) is 11.1 Å². The molecule has 270 valence electrons. The van der Waals surface area contributed by atoms with Crippen molar-refractivity contribution in [2.24, 2.45) is 0 Å². The minimum atomic E-state index is -1.16. The standard InChI is InChI=1S/C20H22N2O5.C17H14F4O3/c1-14(19(24)25)21-18(23)17(12-15-8-4-2-5-9-15)22-20(26)27-13-16-10-6-3-7-11-16;18-14-3-1-11(5-16(14)20)7-23-9-13(22)10-24-8-12-2-4-15(19)17(21)6-12/h2-11,14,17H,12-13H2,1H3,(H,21,23)(H,22,26)(H,24,25);1-6H,7-10H2/t14-,17-;/m0./s1. The van der Waals surface area contributed by atoms with Crippen LogP contribution in [0, 0.1) is 23.3 Å². The van der Waals surface area contributed by atoms with E-state index in [1.165, 1.54) is 19.1 Å². The SMILES string of the molecule is C[C@H](NC(=O)[C@H](Cc1ccccc1)NC(=O)OCc1ccccc1)C(=O)O.O=C(COCc1ccc(F)c(F)c1)COCc1ccc(F)c(F)c1. The third-order valence-electron chi connectivity index (χ3n) is 6.86. The zero-order valence-electron chi connectivity index (χ0n) is 27.5. The molecule has 0 radical (unpaired) electrons. The number of nitrogens with one attached hydrogen (secondary N) is 2. The summed E-state index contributed by atoms with van der Waals surface area (Å²) >= 11 is 0. The van der Waals surface area contributed by atoms with Crippen molar-refractivity contribution in [3.05, 3.63) is 143 Å². The molecule has 2 amide bonds. The number of ether oxygens (including phenoxy) is 3. The third-order valence-corrected chi connectivity index (χ3v) is 6.86. The van der Waals surface area contributed by atoms with Gasteiger partial charge in [-0.1, -0.05) is 72.8 Å². The van der Waals surface area contributed by atoms with Gasteiger partial charge in [0.2, 0.25) is 5.91 Å². The highest BCUT2D eigenvalue weighted by atomic mass is 19.2. The summed E-state index contributed by atoms with van der Waals surface area (Å²) in [7, 11) is 0. The number of ketones is 1. The largest absolute Gasteiger partial charge is 0.480 e. The second-order valence-corrected chi connectivity index (χ2v) is 11.0. The number of carbonyl (C=O) groups is 4. The highest BCUT2D eigenvalue weighted by Crippen LogP contribution is 2.11. The molecule has 3 N–H and O–H groups in total. The molecule has 0 fully saturated rings. The summed E-state index contributed by atoms with van der Waals surface area (Å²) in [5.74, 6) is -6.02. The van der Waals surface area contributed by atoms with Crippen molar-refractivity contribution in [3.63, 3.8) is 0 Å². The predicted molar refractivity (Wildman–Crippen MR) is 176 cm³/mol. The number of alkyl carbamates (subject to hydrolysis) is 1. The third kappa shape index (κ3) is 14.8. The van der Waals surface area contributed by atoms with E-state index >= 15 is 0 Å². The molecule has 0 unspecified atom stereocenters. The number of Topliss-reactive ketones (excluding diaryl/α,β-unsaturated/α-hetero) is 1. The topological polar surface area (TPSA) is 140 Å². The van der Waals surface area contributed by atoms with Gasteiger partial charge in [0.05, 0.1) is 13.2 Å². The summed E-state index contributed by atoms with van der Waals surface area (Å²) in [5.41, 5.74) is 2.43. The van der Waals surface area contributed by atoms with Crippen LogP contribution in [0.15, 0.2) is 97.1 Å². The summed E-state index contributed by atoms with van der Waals surface area (Å²) in [5, 5.41) is 13.9. The second-order valence-electron chi connectivity index (χ2n) is 11.0. The van der Waals surface area contributed by atoms with Gasteiger partial charge in [-0.15, -0.1) is 0 Å². The van der Waals surface area contributed by atoms with E-state index in [1.807, 2.05) is 60.7 Å². The maximum Gasteiger partial charge on any atom is 0.408 e. The number of hydrogen-bond acceptors (Lipinski definition) is 7. The molecule has 10 nitrogen and oxygen atoms in total. The van der Waals surface area contributed by atoms with Crippen LogP contribution in [0.5, 0.6) is 0 Å². The lowest BCUT2D eigenvalue weighted by Crippen LogP contribution is -2.51. The predicted octanol–water partition coefficient (Wildman–Crippen LogP) is 5.66. The molecule has 0 saturated carbocycles. The van der Waals surface area contributed by atoms with Crippen LogP contribution in [-0.2, 0) is 54.8 Å². The quantitative estimate of drug-likeness (QED) is 0.127. The lowest BCUT2D eigenvalue weighted by atomic mass is 10.1. The Morgan fingerprint density at radius 2 is 1.12 bits per heavy atom. The molecule has 4 rings (SSSR count). The lowest BCUT2D eigenvalue weighted by Gasteiger charge is -2.20. The van der Waals surface area contributed by atoms with E-state index in [9.17, 15) is 36.7 Å². The second kappa shape index (κ2) is 20.8. The molecule has 0 aliphatic heterocycles. The average Bonchev–Trinajstić information content (AvgIpc) is 3.11. The molecule has 14 heteroatoms. The van der Waals surface area contributed by atoms with Gasteiger partial charge in [0.1, 0.15) is 31.9 Å². The Hall–Kier alpha value is -5.60. The number of carbonyl (C=O) groups excluding carboxylic acids is 3. The van der Waals surface area contributed by atoms with Gasteiger partial charge in [0.25, 0.3) is 0 Å². The number of carboxylic acid groups (broad SMARTS) is 1. The summed E-state index contributed by atoms with van der Waals surface area (Å²) in [6.07, 6.45) is -0.544. The summed E-state index contributed by atoms with van der Waals surface area (Å²) in [6.45, 7) is 0.789. The summed E-state index contributed by atoms with van der Waals surface area (Å²) < 4.78 is 66.8. The Balaban J connectivity index is 0.000000277. The number of benzene rings is 4. The van der Waals surface area contributed by atoms with Gasteiger partial charge in [0.15, 0.2) is 29.1 Å². The van der Waals surface area contributed by atoms with Crippen molar-refractivity contribution < 1.29 is 56.1 Å². The zero-order chi connectivity index (χ0) is 37.2. The first-order valence-corrected chi connectivity index (χ1v) is 15.5. The first kappa shape index (κ1) is 39.8. The lowest BCUT2D eigenvalue weighted by molar-refractivity contribution is -0.141. The van der Waals surface area contributed by atoms with Crippen LogP contribution in [0.4, 0.5) is 22.4 Å². The Bertz CT molecular complexity index is 1690. The molecule has 0 bridgehead atoms. The number of halogens is 4. The Labute approximate surface area is 291 Å². The maximum atomic E-state index is 13.0. The summed E-state index contributed by atoms with van der Waals surface area (Å²) in [4.78, 5) is 47.1. The first-order chi connectivity index (χ1) is 24.4. The first-order valence-electron chi connectivity index (χ1n) is 15.5. The molecule has 4 aromatic rings. The van der Waals surface area contributed by atoms with Crippen LogP contribution in [0.25, 0.3) is 0 Å². The van der Waals surface area contributed by atoms with Crippen molar-refractivity contribution in [3.8, 4) is 0 Å². The number of aliphatic carboxylic acids is 1. The molecular weight excluding hydrogens is 676 g/mol. The van der Waals surface area contributed by atoms with Crippen molar-refractivity contribution in [2.75, 3.05) is 13.2 Å². The van der Waals surface area contributed by atoms with Crippen molar-refractivity contribution >= 4 is 23.8 Å². The molecule has 0 saturated heterocycles. The molecular formula is C37H36F4N2O8. The molecule has 0 aromatic heterocycles. The van der Waals surface area contributed by atoms with Crippen LogP contribution >= 0.6 is 0 Å². The van der Waals surface area contributed by atoms with Crippen LogP contribution in [0.1, 0.15) is 29.2 Å². The molecule has 4 aromatic carbocycles. The Kier molecular flexibility index (Phi) is 16.3. The number of carboxylic acids is 1. The highest BCUT2D eigenvalue weighted by molar-refractivity contribution is 5.89. The number of amides is 2. The minimum Gasteiger partial charge on any atom is -0.480 e. The van der Waals surface area contributed by atoms with Crippen LogP contribution in [-0.4, -0.2) is 54.2 Å². The minimum absolute atomic E-state index is 0.0495. The van der Waals surface area contributed by atoms with Crippen LogP contribution < -0.4 is 10.6 Å². The van der Waals surface area contributed by atoms with Gasteiger partial charge in [0, 0.05) is 6.42 Å². The van der Waals surface area contributed by atoms with Gasteiger partial charge in [-0.3, -0.25) is 14.4 Å². The van der Waals surface area contributed by atoms with E-state index in [4.69, 9.17) is 19.3 Å². The van der Waals surface area contributed by atoms with Gasteiger partial charge in [-0.05, 0) is 53.4 Å². The van der Waals surface area contributed by atoms with Gasteiger partial charge >= 0.3 is 12.1 Å². The Morgan fingerprint density at radius 3 is 1.59 bits per heavy atom. The molecule has 0 heterocycles. The molecule has 0 spiro atoms. The summed E-state index contributed by atoms with van der Waals surface area (Å²) in [6, 6.07) is 22.8. The normalized spacial score (nSPS) is 11.7. The molecule has 2 atom stereocenters. The fraction of sp³-hybridized carbons (Fsp3) is 0.243. The fourth-order valence-corrected chi connectivity index (χ4v) is 4.21. The van der Waals surface area contributed by atoms with Crippen LogP contribution in [0.2, 0.25) is 0 Å². The Morgan fingerprint density at radius 1 is 0.627 bits per heavy atom.